The van der Waals surface area contributed by atoms with Crippen LogP contribution in [0.2, 0.25) is 0 Å². The maximum Gasteiger partial charge on any atom is 0.222 e. The van der Waals surface area contributed by atoms with Crippen molar-refractivity contribution in [3.63, 3.8) is 0 Å². The molecule has 5 heteroatoms. The number of aliphatic hydroxyl groups excluding tert-OH is 1. The van der Waals surface area contributed by atoms with Crippen molar-refractivity contribution in [3.8, 4) is 5.75 Å². The van der Waals surface area contributed by atoms with Crippen LogP contribution in [0.15, 0.2) is 24.3 Å². The Balaban J connectivity index is 1.52. The number of rotatable bonds is 5. The third kappa shape index (κ3) is 3.03. The average molecular weight is 333 g/mol. The van der Waals surface area contributed by atoms with Gasteiger partial charge < -0.3 is 19.5 Å². The first-order chi connectivity index (χ1) is 11.6. The number of hydrogen-bond donors (Lipinski definition) is 1. The van der Waals surface area contributed by atoms with Crippen molar-refractivity contribution >= 4 is 5.91 Å². The van der Waals surface area contributed by atoms with Crippen LogP contribution < -0.4 is 4.74 Å². The van der Waals surface area contributed by atoms with E-state index in [0.29, 0.717) is 25.9 Å². The minimum absolute atomic E-state index is 0.131. The van der Waals surface area contributed by atoms with Crippen LogP contribution in [0.5, 0.6) is 5.75 Å². The summed E-state index contributed by atoms with van der Waals surface area (Å²) in [4.78, 5) is 14.4. The number of nitrogens with zero attached hydrogens (tertiary/aromatic N) is 1. The van der Waals surface area contributed by atoms with Crippen LogP contribution in [0, 0.1) is 5.41 Å². The van der Waals surface area contributed by atoms with E-state index in [1.807, 2.05) is 29.2 Å². The zero-order valence-electron chi connectivity index (χ0n) is 14.5. The second kappa shape index (κ2) is 7.11. The number of methoxy groups -OCH3 is 2. The van der Waals surface area contributed by atoms with Crippen LogP contribution in [-0.2, 0) is 16.0 Å². The Hall–Kier alpha value is -1.59. The summed E-state index contributed by atoms with van der Waals surface area (Å²) in [6.45, 7) is 1.42. The van der Waals surface area contributed by atoms with Gasteiger partial charge in [-0.1, -0.05) is 18.2 Å². The first-order valence-corrected chi connectivity index (χ1v) is 8.71. The molecule has 0 radical (unpaired) electrons. The van der Waals surface area contributed by atoms with Crippen molar-refractivity contribution in [3.05, 3.63) is 29.8 Å². The molecule has 1 amide bonds. The third-order valence-electron chi connectivity index (χ3n) is 5.87. The smallest absolute Gasteiger partial charge is 0.222 e. The lowest BCUT2D eigenvalue weighted by atomic mass is 9.58. The third-order valence-corrected chi connectivity index (χ3v) is 5.87. The molecule has 1 spiro atoms. The number of aliphatic hydroxyl groups is 1. The summed E-state index contributed by atoms with van der Waals surface area (Å²) in [5, 5.41) is 10.2. The van der Waals surface area contributed by atoms with Crippen molar-refractivity contribution in [1.82, 2.24) is 4.90 Å². The molecule has 2 atom stereocenters. The quantitative estimate of drug-likeness (QED) is 0.895. The van der Waals surface area contributed by atoms with E-state index in [0.717, 1.165) is 30.6 Å². The second-order valence-electron chi connectivity index (χ2n) is 6.90. The summed E-state index contributed by atoms with van der Waals surface area (Å²) in [6, 6.07) is 7.83. The molecule has 1 saturated heterocycles. The van der Waals surface area contributed by atoms with E-state index in [1.165, 1.54) is 0 Å². The van der Waals surface area contributed by atoms with Crippen LogP contribution in [0.3, 0.4) is 0 Å². The fourth-order valence-electron chi connectivity index (χ4n) is 4.19. The molecule has 24 heavy (non-hydrogen) atoms. The van der Waals surface area contributed by atoms with Gasteiger partial charge in [0.1, 0.15) is 5.75 Å². The maximum atomic E-state index is 12.5. The molecule has 0 aromatic heterocycles. The predicted octanol–water partition coefficient (Wildman–Crippen LogP) is 2.02. The lowest BCUT2D eigenvalue weighted by molar-refractivity contribution is -0.202. The Labute approximate surface area is 143 Å². The van der Waals surface area contributed by atoms with Gasteiger partial charge in [0.15, 0.2) is 0 Å². The van der Waals surface area contributed by atoms with Gasteiger partial charge >= 0.3 is 0 Å². The van der Waals surface area contributed by atoms with Gasteiger partial charge in [0.25, 0.3) is 0 Å². The molecule has 2 fully saturated rings. The van der Waals surface area contributed by atoms with Gasteiger partial charge in [0, 0.05) is 38.5 Å². The Kier molecular flexibility index (Phi) is 5.11. The molecule has 2 aliphatic rings. The van der Waals surface area contributed by atoms with Crippen molar-refractivity contribution in [1.29, 1.82) is 0 Å². The minimum Gasteiger partial charge on any atom is -0.496 e. The number of carbonyl (C=O) groups is 1. The fraction of sp³-hybridized carbons (Fsp3) is 0.632. The zero-order valence-corrected chi connectivity index (χ0v) is 14.5. The van der Waals surface area contributed by atoms with E-state index in [4.69, 9.17) is 9.47 Å². The number of benzene rings is 1. The topological polar surface area (TPSA) is 59.0 Å². The number of piperidine rings is 1. The largest absolute Gasteiger partial charge is 0.496 e. The minimum atomic E-state index is -0.284. The highest BCUT2D eigenvalue weighted by Gasteiger charge is 2.56. The van der Waals surface area contributed by atoms with Crippen molar-refractivity contribution in [2.45, 2.75) is 44.3 Å². The molecule has 1 aromatic rings. The number of amides is 1. The Morgan fingerprint density at radius 1 is 1.29 bits per heavy atom. The number of carbonyl (C=O) groups excluding carboxylic acids is 1. The molecule has 1 aliphatic carbocycles. The molecule has 0 bridgehead atoms. The Bertz CT molecular complexity index is 580. The van der Waals surface area contributed by atoms with Crippen molar-refractivity contribution in [2.75, 3.05) is 27.3 Å². The molecular formula is C19H27NO4. The monoisotopic (exact) mass is 333 g/mol. The van der Waals surface area contributed by atoms with E-state index in [-0.39, 0.29) is 23.5 Å². The molecule has 5 nitrogen and oxygen atoms in total. The van der Waals surface area contributed by atoms with E-state index >= 15 is 0 Å². The lowest BCUT2D eigenvalue weighted by Gasteiger charge is -2.56. The van der Waals surface area contributed by atoms with Gasteiger partial charge in [0.05, 0.1) is 19.3 Å². The summed E-state index contributed by atoms with van der Waals surface area (Å²) in [7, 11) is 3.37. The van der Waals surface area contributed by atoms with E-state index in [2.05, 4.69) is 0 Å². The van der Waals surface area contributed by atoms with E-state index in [1.54, 1.807) is 14.2 Å². The van der Waals surface area contributed by atoms with Crippen LogP contribution in [0.4, 0.5) is 0 Å². The molecule has 1 saturated carbocycles. The second-order valence-corrected chi connectivity index (χ2v) is 6.90. The van der Waals surface area contributed by atoms with Crippen molar-refractivity contribution in [2.24, 2.45) is 5.41 Å². The van der Waals surface area contributed by atoms with Crippen molar-refractivity contribution < 1.29 is 19.4 Å². The Morgan fingerprint density at radius 2 is 2.00 bits per heavy atom. The van der Waals surface area contributed by atoms with Crippen LogP contribution in [0.1, 0.15) is 31.2 Å². The van der Waals surface area contributed by atoms with Gasteiger partial charge in [-0.2, -0.15) is 0 Å². The van der Waals surface area contributed by atoms with Crippen LogP contribution in [-0.4, -0.2) is 55.4 Å². The Morgan fingerprint density at radius 3 is 2.62 bits per heavy atom. The summed E-state index contributed by atoms with van der Waals surface area (Å²) in [5.41, 5.74) is 0.935. The molecule has 1 heterocycles. The highest BCUT2D eigenvalue weighted by molar-refractivity contribution is 5.76. The van der Waals surface area contributed by atoms with Gasteiger partial charge in [-0.25, -0.2) is 0 Å². The van der Waals surface area contributed by atoms with E-state index < -0.39 is 0 Å². The van der Waals surface area contributed by atoms with Crippen LogP contribution in [0.25, 0.3) is 0 Å². The van der Waals surface area contributed by atoms with Crippen LogP contribution >= 0.6 is 0 Å². The summed E-state index contributed by atoms with van der Waals surface area (Å²) < 4.78 is 10.8. The lowest BCUT2D eigenvalue weighted by Crippen LogP contribution is -2.62. The molecule has 1 N–H and O–H groups in total. The first kappa shape index (κ1) is 17.2. The van der Waals surface area contributed by atoms with Gasteiger partial charge in [-0.3, -0.25) is 4.79 Å². The number of ether oxygens (including phenoxy) is 2. The molecule has 1 aromatic carbocycles. The number of aryl methyl sites for hydroxylation is 1. The highest BCUT2D eigenvalue weighted by Crippen LogP contribution is 2.50. The molecular weight excluding hydrogens is 306 g/mol. The zero-order chi connectivity index (χ0) is 17.2. The standard InChI is InChI=1S/C19H27NO4/c1-23-15-6-4-3-5-14(15)7-8-18(22)20-11-9-19(10-12-20)16(21)13-17(19)24-2/h3-6,16-17,21H,7-13H2,1-2H3/t16-,17+/m1/s1. The number of hydrogen-bond acceptors (Lipinski definition) is 4. The summed E-state index contributed by atoms with van der Waals surface area (Å²) >= 11 is 0. The molecule has 132 valence electrons. The number of likely N-dealkylation sites (tertiary alicyclic amines) is 1. The number of para-hydroxylation sites is 1. The SMILES string of the molecule is COc1ccccc1CCC(=O)N1CCC2(CC1)[C@H](O)C[C@@H]2OC. The summed E-state index contributed by atoms with van der Waals surface area (Å²) in [5.74, 6) is 1.02. The highest BCUT2D eigenvalue weighted by atomic mass is 16.5. The van der Waals surface area contributed by atoms with E-state index in [9.17, 15) is 9.90 Å². The maximum absolute atomic E-state index is 12.5. The molecule has 1 aliphatic heterocycles. The molecule has 3 rings (SSSR count). The predicted molar refractivity (Wildman–Crippen MR) is 91.0 cm³/mol. The van der Waals surface area contributed by atoms with Gasteiger partial charge in [0.2, 0.25) is 5.91 Å². The molecule has 0 unspecified atom stereocenters. The van der Waals surface area contributed by atoms with Gasteiger partial charge in [-0.05, 0) is 30.9 Å². The van der Waals surface area contributed by atoms with Gasteiger partial charge in [-0.15, -0.1) is 0 Å². The average Bonchev–Trinajstić information content (AvgIpc) is 2.64. The normalized spacial score (nSPS) is 25.4. The summed E-state index contributed by atoms with van der Waals surface area (Å²) in [6.07, 6.45) is 3.40. The first-order valence-electron chi connectivity index (χ1n) is 8.71. The fourth-order valence-corrected chi connectivity index (χ4v) is 4.19.